The van der Waals surface area contributed by atoms with Crippen molar-refractivity contribution in [2.75, 3.05) is 14.2 Å². The van der Waals surface area contributed by atoms with Crippen LogP contribution in [0.1, 0.15) is 32.6 Å². The van der Waals surface area contributed by atoms with E-state index in [9.17, 15) is 4.79 Å². The summed E-state index contributed by atoms with van der Waals surface area (Å²) in [5.74, 6) is 1.32. The molecule has 0 aliphatic heterocycles. The van der Waals surface area contributed by atoms with Crippen molar-refractivity contribution in [3.05, 3.63) is 131 Å². The molecule has 0 aliphatic carbocycles. The second-order valence-corrected chi connectivity index (χ2v) is 7.44. The van der Waals surface area contributed by atoms with Gasteiger partial charge < -0.3 is 9.47 Å². The van der Waals surface area contributed by atoms with E-state index in [-0.39, 0.29) is 5.78 Å². The predicted molar refractivity (Wildman–Crippen MR) is 136 cm³/mol. The number of hydrogen-bond donors (Lipinski definition) is 0. The van der Waals surface area contributed by atoms with Gasteiger partial charge in [-0.05, 0) is 54.1 Å². The normalized spacial score (nSPS) is 11.4. The smallest absolute Gasteiger partial charge is 0.193 e. The van der Waals surface area contributed by atoms with Crippen LogP contribution in [0.2, 0.25) is 0 Å². The molecule has 4 aromatic rings. The van der Waals surface area contributed by atoms with Gasteiger partial charge in [-0.3, -0.25) is 4.79 Å². The number of carbonyl (C=O) groups excluding carboxylic acids is 1. The summed E-state index contributed by atoms with van der Waals surface area (Å²) in [6, 6.07) is 31.8. The molecule has 0 heterocycles. The highest BCUT2D eigenvalue weighted by Gasteiger charge is 2.18. The molecule has 0 N–H and O–H groups in total. The largest absolute Gasteiger partial charge is 0.497 e. The van der Waals surface area contributed by atoms with Crippen molar-refractivity contribution in [3.8, 4) is 11.5 Å². The minimum absolute atomic E-state index is 0.105. The summed E-state index contributed by atoms with van der Waals surface area (Å²) in [6.07, 6.45) is 1.69. The first kappa shape index (κ1) is 22.7. The third kappa shape index (κ3) is 5.27. The maximum Gasteiger partial charge on any atom is 0.193 e. The summed E-state index contributed by atoms with van der Waals surface area (Å²) in [6.45, 7) is 0. The van der Waals surface area contributed by atoms with Crippen LogP contribution in [0.4, 0.5) is 0 Å². The van der Waals surface area contributed by atoms with E-state index in [1.807, 2.05) is 78.9 Å². The molecule has 0 atom stereocenters. The molecule has 5 nitrogen and oxygen atoms in total. The Morgan fingerprint density at radius 2 is 1.18 bits per heavy atom. The Morgan fingerprint density at radius 3 is 1.76 bits per heavy atom. The highest BCUT2D eigenvalue weighted by Crippen LogP contribution is 2.22. The van der Waals surface area contributed by atoms with E-state index in [0.29, 0.717) is 28.2 Å². The number of ketones is 1. The molecule has 0 fully saturated rings. The zero-order valence-electron chi connectivity index (χ0n) is 19.0. The van der Waals surface area contributed by atoms with Crippen molar-refractivity contribution >= 4 is 17.7 Å². The Balaban J connectivity index is 1.78. The second-order valence-electron chi connectivity index (χ2n) is 7.44. The highest BCUT2D eigenvalue weighted by molar-refractivity contribution is 6.21. The Labute approximate surface area is 199 Å². The Bertz CT molecular complexity index is 1310. The van der Waals surface area contributed by atoms with Crippen molar-refractivity contribution in [3.63, 3.8) is 0 Å². The lowest BCUT2D eigenvalue weighted by Gasteiger charge is -2.12. The number of rotatable bonds is 8. The van der Waals surface area contributed by atoms with Gasteiger partial charge in [-0.1, -0.05) is 54.6 Å². The summed E-state index contributed by atoms with van der Waals surface area (Å²) in [5.41, 5.74) is 4.14. The van der Waals surface area contributed by atoms with Crippen LogP contribution < -0.4 is 9.47 Å². The number of benzene rings is 4. The van der Waals surface area contributed by atoms with Crippen molar-refractivity contribution in [1.29, 1.82) is 0 Å². The van der Waals surface area contributed by atoms with Gasteiger partial charge in [-0.2, -0.15) is 5.10 Å². The third-order valence-corrected chi connectivity index (χ3v) is 5.31. The van der Waals surface area contributed by atoms with E-state index < -0.39 is 0 Å². The average molecular weight is 449 g/mol. The van der Waals surface area contributed by atoms with Crippen LogP contribution in [0.15, 0.2) is 113 Å². The molecule has 0 aromatic heterocycles. The van der Waals surface area contributed by atoms with E-state index in [2.05, 4.69) is 10.2 Å². The molecular formula is C29H24N2O3. The molecule has 0 spiro atoms. The fraction of sp³-hybridized carbons (Fsp3) is 0.0690. The zero-order chi connectivity index (χ0) is 23.8. The Kier molecular flexibility index (Phi) is 7.25. The predicted octanol–water partition coefficient (Wildman–Crippen LogP) is 5.81. The van der Waals surface area contributed by atoms with E-state index in [4.69, 9.17) is 9.47 Å². The van der Waals surface area contributed by atoms with E-state index in [1.165, 1.54) is 0 Å². The SMILES string of the molecule is COc1ccc(C(=O)c2ccccc2/C(=N/N=C/c2ccccc2)c2ccc(OC)cc2)cc1. The maximum absolute atomic E-state index is 13.4. The first-order chi connectivity index (χ1) is 16.7. The van der Waals surface area contributed by atoms with Gasteiger partial charge in [0.05, 0.1) is 20.4 Å². The average Bonchev–Trinajstić information content (AvgIpc) is 2.91. The van der Waals surface area contributed by atoms with Gasteiger partial charge >= 0.3 is 0 Å². The minimum Gasteiger partial charge on any atom is -0.497 e. The van der Waals surface area contributed by atoms with Gasteiger partial charge in [-0.25, -0.2) is 0 Å². The second kappa shape index (κ2) is 10.9. The summed E-state index contributed by atoms with van der Waals surface area (Å²) in [4.78, 5) is 13.4. The van der Waals surface area contributed by atoms with Crippen LogP contribution in [0.5, 0.6) is 11.5 Å². The van der Waals surface area contributed by atoms with Crippen molar-refractivity contribution in [1.82, 2.24) is 0 Å². The molecule has 34 heavy (non-hydrogen) atoms. The molecule has 0 aliphatic rings. The quantitative estimate of drug-likeness (QED) is 0.194. The summed E-state index contributed by atoms with van der Waals surface area (Å²) in [7, 11) is 3.22. The Morgan fingerprint density at radius 1 is 0.647 bits per heavy atom. The molecule has 168 valence electrons. The molecule has 0 bridgehead atoms. The van der Waals surface area contributed by atoms with Crippen molar-refractivity contribution < 1.29 is 14.3 Å². The molecule has 0 saturated carbocycles. The topological polar surface area (TPSA) is 60.2 Å². The number of carbonyl (C=O) groups is 1. The van der Waals surface area contributed by atoms with Crippen LogP contribution in [0.25, 0.3) is 0 Å². The number of ether oxygens (including phenoxy) is 2. The number of nitrogens with zero attached hydrogens (tertiary/aromatic N) is 2. The van der Waals surface area contributed by atoms with Crippen LogP contribution in [0, 0.1) is 0 Å². The van der Waals surface area contributed by atoms with Crippen LogP contribution in [0.3, 0.4) is 0 Å². The summed E-state index contributed by atoms with van der Waals surface area (Å²) >= 11 is 0. The molecule has 4 aromatic carbocycles. The van der Waals surface area contributed by atoms with Crippen molar-refractivity contribution in [2.45, 2.75) is 0 Å². The zero-order valence-corrected chi connectivity index (χ0v) is 19.0. The van der Waals surface area contributed by atoms with E-state index >= 15 is 0 Å². The summed E-state index contributed by atoms with van der Waals surface area (Å²) in [5, 5.41) is 8.89. The van der Waals surface area contributed by atoms with Crippen LogP contribution in [-0.4, -0.2) is 31.9 Å². The molecule has 0 unspecified atom stereocenters. The number of methoxy groups -OCH3 is 2. The lowest BCUT2D eigenvalue weighted by Crippen LogP contribution is -2.12. The van der Waals surface area contributed by atoms with Gasteiger partial charge in [-0.15, -0.1) is 5.10 Å². The van der Waals surface area contributed by atoms with Crippen LogP contribution in [-0.2, 0) is 0 Å². The fourth-order valence-corrected chi connectivity index (χ4v) is 3.49. The molecule has 0 radical (unpaired) electrons. The highest BCUT2D eigenvalue weighted by atomic mass is 16.5. The molecule has 0 saturated heterocycles. The summed E-state index contributed by atoms with van der Waals surface area (Å²) < 4.78 is 10.5. The van der Waals surface area contributed by atoms with E-state index in [1.54, 1.807) is 44.7 Å². The van der Waals surface area contributed by atoms with Crippen molar-refractivity contribution in [2.24, 2.45) is 10.2 Å². The minimum atomic E-state index is -0.105. The third-order valence-electron chi connectivity index (χ3n) is 5.31. The first-order valence-electron chi connectivity index (χ1n) is 10.8. The monoisotopic (exact) mass is 448 g/mol. The maximum atomic E-state index is 13.4. The molecular weight excluding hydrogens is 424 g/mol. The lowest BCUT2D eigenvalue weighted by atomic mass is 9.93. The molecule has 5 heteroatoms. The molecule has 0 amide bonds. The lowest BCUT2D eigenvalue weighted by molar-refractivity contribution is 0.103. The Hall–Kier alpha value is -4.51. The van der Waals surface area contributed by atoms with Crippen LogP contribution >= 0.6 is 0 Å². The first-order valence-corrected chi connectivity index (χ1v) is 10.8. The van der Waals surface area contributed by atoms with Gasteiger partial charge in [0.1, 0.15) is 17.2 Å². The standard InChI is InChI=1S/C29H24N2O3/c1-33-24-16-12-22(13-17-24)28(31-30-20-21-8-4-3-5-9-21)26-10-6-7-11-27(26)29(32)23-14-18-25(34-2)19-15-23/h3-20H,1-2H3/b30-20+,31-28+. The molecule has 4 rings (SSSR count). The van der Waals surface area contributed by atoms with E-state index in [0.717, 1.165) is 16.9 Å². The van der Waals surface area contributed by atoms with Gasteiger partial charge in [0.15, 0.2) is 5.78 Å². The van der Waals surface area contributed by atoms with Gasteiger partial charge in [0, 0.05) is 22.3 Å². The van der Waals surface area contributed by atoms with Gasteiger partial charge in [0.25, 0.3) is 0 Å². The fourth-order valence-electron chi connectivity index (χ4n) is 3.49. The van der Waals surface area contributed by atoms with Gasteiger partial charge in [0.2, 0.25) is 0 Å². The number of hydrogen-bond acceptors (Lipinski definition) is 5.